The van der Waals surface area contributed by atoms with E-state index in [-0.39, 0.29) is 6.04 Å². The molecule has 4 N–H and O–H groups in total. The third-order valence-corrected chi connectivity index (χ3v) is 2.86. The van der Waals surface area contributed by atoms with Gasteiger partial charge in [0.15, 0.2) is 0 Å². The highest BCUT2D eigenvalue weighted by Crippen LogP contribution is 2.26. The Hall–Kier alpha value is -1.29. The van der Waals surface area contributed by atoms with E-state index in [9.17, 15) is 0 Å². The molecular formula is C11H18N4. The van der Waals surface area contributed by atoms with Crippen LogP contribution in [-0.2, 0) is 0 Å². The van der Waals surface area contributed by atoms with Crippen molar-refractivity contribution >= 4 is 11.4 Å². The van der Waals surface area contributed by atoms with Gasteiger partial charge in [0.2, 0.25) is 0 Å². The summed E-state index contributed by atoms with van der Waals surface area (Å²) in [6.45, 7) is 4.14. The summed E-state index contributed by atoms with van der Waals surface area (Å²) in [5.74, 6) is 0.626. The zero-order chi connectivity index (χ0) is 10.8. The zero-order valence-electron chi connectivity index (χ0n) is 9.06. The number of aromatic nitrogens is 1. The molecular weight excluding hydrogens is 188 g/mol. The smallest absolute Gasteiger partial charge is 0.0738 e. The molecule has 1 aliphatic rings. The molecule has 4 nitrogen and oxygen atoms in total. The molecule has 2 atom stereocenters. The topological polar surface area (TPSA) is 68.2 Å². The molecule has 0 aromatic carbocycles. The van der Waals surface area contributed by atoms with Gasteiger partial charge in [0, 0.05) is 25.3 Å². The molecule has 1 fully saturated rings. The van der Waals surface area contributed by atoms with Crippen LogP contribution >= 0.6 is 0 Å². The highest BCUT2D eigenvalue weighted by Gasteiger charge is 2.23. The molecule has 0 bridgehead atoms. The van der Waals surface area contributed by atoms with Gasteiger partial charge in [-0.05, 0) is 18.4 Å². The largest absolute Gasteiger partial charge is 0.396 e. The van der Waals surface area contributed by atoms with Gasteiger partial charge in [0.1, 0.15) is 0 Å². The predicted molar refractivity (Wildman–Crippen MR) is 62.6 cm³/mol. The monoisotopic (exact) mass is 206 g/mol. The average Bonchev–Trinajstić information content (AvgIpc) is 2.16. The van der Waals surface area contributed by atoms with Crippen LogP contribution in [0.15, 0.2) is 18.5 Å². The van der Waals surface area contributed by atoms with E-state index in [2.05, 4.69) is 16.8 Å². The molecule has 2 rings (SSSR count). The number of piperidine rings is 1. The molecule has 0 saturated carbocycles. The van der Waals surface area contributed by atoms with Crippen LogP contribution in [0.25, 0.3) is 0 Å². The van der Waals surface area contributed by atoms with Gasteiger partial charge >= 0.3 is 0 Å². The Bertz CT molecular complexity index is 329. The summed E-state index contributed by atoms with van der Waals surface area (Å²) in [6, 6.07) is 2.21. The summed E-state index contributed by atoms with van der Waals surface area (Å²) >= 11 is 0. The lowest BCUT2D eigenvalue weighted by Gasteiger charge is -2.36. The number of pyridine rings is 1. The lowest BCUT2D eigenvalue weighted by molar-refractivity contribution is 0.402. The second kappa shape index (κ2) is 4.06. The van der Waals surface area contributed by atoms with Crippen molar-refractivity contribution in [2.75, 3.05) is 23.7 Å². The number of anilines is 2. The molecule has 82 valence electrons. The number of hydrogen-bond acceptors (Lipinski definition) is 4. The second-order valence-corrected chi connectivity index (χ2v) is 4.44. The highest BCUT2D eigenvalue weighted by molar-refractivity contribution is 5.66. The molecule has 1 aromatic heterocycles. The quantitative estimate of drug-likeness (QED) is 0.714. The van der Waals surface area contributed by atoms with E-state index >= 15 is 0 Å². The fourth-order valence-corrected chi connectivity index (χ4v) is 2.28. The standard InChI is InChI=1S/C11H18N4/c1-8-4-9(12)7-15(6-8)11-2-3-14-5-10(11)13/h2-3,5,8-9H,4,6-7,12-13H2,1H3/t8-,9?/m1/s1. The first-order chi connectivity index (χ1) is 7.16. The van der Waals surface area contributed by atoms with Crippen LogP contribution in [-0.4, -0.2) is 24.1 Å². The Morgan fingerprint density at radius 2 is 2.27 bits per heavy atom. The Morgan fingerprint density at radius 3 is 2.93 bits per heavy atom. The molecule has 0 radical (unpaired) electrons. The summed E-state index contributed by atoms with van der Waals surface area (Å²) < 4.78 is 0. The van der Waals surface area contributed by atoms with Crippen molar-refractivity contribution in [2.45, 2.75) is 19.4 Å². The van der Waals surface area contributed by atoms with Gasteiger partial charge in [0.05, 0.1) is 17.6 Å². The van der Waals surface area contributed by atoms with Gasteiger partial charge in [0.25, 0.3) is 0 Å². The Morgan fingerprint density at radius 1 is 1.47 bits per heavy atom. The molecule has 2 heterocycles. The molecule has 1 aliphatic heterocycles. The van der Waals surface area contributed by atoms with Crippen molar-refractivity contribution in [3.63, 3.8) is 0 Å². The van der Waals surface area contributed by atoms with Crippen molar-refractivity contribution in [1.82, 2.24) is 4.98 Å². The Balaban J connectivity index is 2.20. The zero-order valence-corrected chi connectivity index (χ0v) is 9.06. The van der Waals surface area contributed by atoms with E-state index < -0.39 is 0 Å². The number of nitrogens with zero attached hydrogens (tertiary/aromatic N) is 2. The van der Waals surface area contributed by atoms with Crippen LogP contribution in [0.2, 0.25) is 0 Å². The van der Waals surface area contributed by atoms with Crippen LogP contribution in [0, 0.1) is 5.92 Å². The second-order valence-electron chi connectivity index (χ2n) is 4.44. The first-order valence-corrected chi connectivity index (χ1v) is 5.37. The van der Waals surface area contributed by atoms with Gasteiger partial charge in [-0.15, -0.1) is 0 Å². The van der Waals surface area contributed by atoms with Crippen molar-refractivity contribution in [1.29, 1.82) is 0 Å². The van der Waals surface area contributed by atoms with Gasteiger partial charge in [-0.2, -0.15) is 0 Å². The average molecular weight is 206 g/mol. The molecule has 4 heteroatoms. The van der Waals surface area contributed by atoms with Crippen molar-refractivity contribution in [3.8, 4) is 0 Å². The van der Waals surface area contributed by atoms with E-state index in [0.717, 1.165) is 30.9 Å². The minimum atomic E-state index is 0.251. The predicted octanol–water partition coefficient (Wildman–Crippen LogP) is 0.837. The van der Waals surface area contributed by atoms with E-state index in [1.807, 2.05) is 6.07 Å². The summed E-state index contributed by atoms with van der Waals surface area (Å²) in [5, 5.41) is 0. The SMILES string of the molecule is C[C@@H]1CC(N)CN(c2ccncc2N)C1. The summed E-state index contributed by atoms with van der Waals surface area (Å²) in [7, 11) is 0. The molecule has 15 heavy (non-hydrogen) atoms. The molecule has 0 aliphatic carbocycles. The Kier molecular flexibility index (Phi) is 2.77. The van der Waals surface area contributed by atoms with Crippen molar-refractivity contribution in [2.24, 2.45) is 11.7 Å². The van der Waals surface area contributed by atoms with Gasteiger partial charge < -0.3 is 16.4 Å². The third kappa shape index (κ3) is 2.21. The van der Waals surface area contributed by atoms with Crippen LogP contribution in [0.1, 0.15) is 13.3 Å². The van der Waals surface area contributed by atoms with Gasteiger partial charge in [-0.25, -0.2) is 0 Å². The fraction of sp³-hybridized carbons (Fsp3) is 0.545. The van der Waals surface area contributed by atoms with E-state index in [4.69, 9.17) is 11.5 Å². The maximum atomic E-state index is 6.00. The maximum absolute atomic E-state index is 6.00. The molecule has 1 aromatic rings. The molecule has 1 unspecified atom stereocenters. The lowest BCUT2D eigenvalue weighted by Crippen LogP contribution is -2.46. The van der Waals surface area contributed by atoms with Crippen LogP contribution < -0.4 is 16.4 Å². The summed E-state index contributed by atoms with van der Waals surface area (Å²) in [4.78, 5) is 6.25. The molecule has 1 saturated heterocycles. The van der Waals surface area contributed by atoms with Crippen LogP contribution in [0.3, 0.4) is 0 Å². The van der Waals surface area contributed by atoms with Crippen LogP contribution in [0.5, 0.6) is 0 Å². The fourth-order valence-electron chi connectivity index (χ4n) is 2.28. The number of nitrogens with two attached hydrogens (primary N) is 2. The lowest BCUT2D eigenvalue weighted by atomic mass is 9.96. The van der Waals surface area contributed by atoms with Crippen molar-refractivity contribution < 1.29 is 0 Å². The maximum Gasteiger partial charge on any atom is 0.0738 e. The van der Waals surface area contributed by atoms with Gasteiger partial charge in [-0.1, -0.05) is 6.92 Å². The van der Waals surface area contributed by atoms with Crippen molar-refractivity contribution in [3.05, 3.63) is 18.5 Å². The number of rotatable bonds is 1. The minimum absolute atomic E-state index is 0.251. The number of hydrogen-bond donors (Lipinski definition) is 2. The first-order valence-electron chi connectivity index (χ1n) is 5.37. The molecule has 0 amide bonds. The third-order valence-electron chi connectivity index (χ3n) is 2.86. The summed E-state index contributed by atoms with van der Waals surface area (Å²) in [5.41, 5.74) is 13.7. The highest BCUT2D eigenvalue weighted by atomic mass is 15.2. The van der Waals surface area contributed by atoms with E-state index in [0.29, 0.717) is 5.92 Å². The minimum Gasteiger partial charge on any atom is -0.396 e. The normalized spacial score (nSPS) is 26.7. The van der Waals surface area contributed by atoms with Gasteiger partial charge in [-0.3, -0.25) is 4.98 Å². The number of nitrogen functional groups attached to an aromatic ring is 1. The van der Waals surface area contributed by atoms with E-state index in [1.54, 1.807) is 12.4 Å². The molecule has 0 spiro atoms. The summed E-state index contributed by atoms with van der Waals surface area (Å²) in [6.07, 6.45) is 4.57. The first kappa shape index (κ1) is 10.2. The van der Waals surface area contributed by atoms with Crippen LogP contribution in [0.4, 0.5) is 11.4 Å². The Labute approximate surface area is 90.3 Å². The van der Waals surface area contributed by atoms with E-state index in [1.165, 1.54) is 0 Å².